The van der Waals surface area contributed by atoms with Crippen LogP contribution in [-0.4, -0.2) is 28.2 Å². The molecule has 0 radical (unpaired) electrons. The number of hydrogen-bond donors (Lipinski definition) is 1. The van der Waals surface area contributed by atoms with Gasteiger partial charge in [-0.3, -0.25) is 10.00 Å². The number of aromatic amines is 1. The molecule has 1 aliphatic rings. The molecule has 1 saturated heterocycles. The molecule has 1 aromatic carbocycles. The van der Waals surface area contributed by atoms with Gasteiger partial charge in [-0.1, -0.05) is 12.1 Å². The van der Waals surface area contributed by atoms with E-state index in [9.17, 15) is 0 Å². The maximum Gasteiger partial charge on any atom is 0.0991 e. The number of H-pyrrole nitrogens is 1. The molecule has 2 heterocycles. The van der Waals surface area contributed by atoms with Crippen LogP contribution in [-0.2, 0) is 6.54 Å². The highest BCUT2D eigenvalue weighted by atomic mass is 15.2. The van der Waals surface area contributed by atoms with Crippen LogP contribution in [0.3, 0.4) is 0 Å². The fraction of sp³-hybridized carbons (Fsp3) is 0.412. The van der Waals surface area contributed by atoms with Gasteiger partial charge in [0.25, 0.3) is 0 Å². The first-order valence-electron chi connectivity index (χ1n) is 7.48. The maximum absolute atomic E-state index is 8.99. The zero-order chi connectivity index (χ0) is 14.7. The second kappa shape index (κ2) is 6.11. The lowest BCUT2D eigenvalue weighted by Gasteiger charge is -2.32. The number of piperidine rings is 1. The second-order valence-corrected chi connectivity index (χ2v) is 5.86. The zero-order valence-corrected chi connectivity index (χ0v) is 12.3. The molecule has 1 aromatic heterocycles. The monoisotopic (exact) mass is 280 g/mol. The maximum atomic E-state index is 8.99. The molecule has 0 spiro atoms. The highest BCUT2D eigenvalue weighted by Gasteiger charge is 2.23. The third kappa shape index (κ3) is 3.32. The number of aryl methyl sites for hydroxylation is 1. The van der Waals surface area contributed by atoms with E-state index in [0.717, 1.165) is 30.9 Å². The van der Waals surface area contributed by atoms with Crippen molar-refractivity contribution >= 4 is 0 Å². The molecule has 0 saturated carbocycles. The van der Waals surface area contributed by atoms with Crippen molar-refractivity contribution < 1.29 is 0 Å². The Bertz CT molecular complexity index is 653. The number of nitriles is 1. The van der Waals surface area contributed by atoms with Gasteiger partial charge < -0.3 is 0 Å². The number of benzene rings is 1. The summed E-state index contributed by atoms with van der Waals surface area (Å²) in [5.41, 5.74) is 4.27. The van der Waals surface area contributed by atoms with Crippen molar-refractivity contribution in [2.24, 2.45) is 0 Å². The van der Waals surface area contributed by atoms with Gasteiger partial charge in [-0.15, -0.1) is 0 Å². The summed E-state index contributed by atoms with van der Waals surface area (Å²) in [5, 5.41) is 16.4. The van der Waals surface area contributed by atoms with Crippen LogP contribution in [0, 0.1) is 18.3 Å². The van der Waals surface area contributed by atoms with Crippen molar-refractivity contribution in [2.45, 2.75) is 32.2 Å². The smallest absolute Gasteiger partial charge is 0.0991 e. The molecule has 21 heavy (non-hydrogen) atoms. The lowest BCUT2D eigenvalue weighted by molar-refractivity contribution is 0.198. The van der Waals surface area contributed by atoms with Crippen molar-refractivity contribution in [1.29, 1.82) is 5.26 Å². The van der Waals surface area contributed by atoms with Gasteiger partial charge >= 0.3 is 0 Å². The predicted molar refractivity (Wildman–Crippen MR) is 81.7 cm³/mol. The quantitative estimate of drug-likeness (QED) is 0.940. The van der Waals surface area contributed by atoms with Crippen molar-refractivity contribution in [3.05, 3.63) is 52.8 Å². The zero-order valence-electron chi connectivity index (χ0n) is 12.3. The van der Waals surface area contributed by atoms with Crippen LogP contribution in [0.25, 0.3) is 0 Å². The largest absolute Gasteiger partial charge is 0.298 e. The second-order valence-electron chi connectivity index (χ2n) is 5.86. The van der Waals surface area contributed by atoms with Crippen LogP contribution in [0.2, 0.25) is 0 Å². The number of hydrogen-bond acceptors (Lipinski definition) is 3. The fourth-order valence-electron chi connectivity index (χ4n) is 3.09. The molecule has 1 unspecified atom stereocenters. The van der Waals surface area contributed by atoms with Gasteiger partial charge in [0, 0.05) is 24.7 Å². The van der Waals surface area contributed by atoms with Gasteiger partial charge in [-0.25, -0.2) is 0 Å². The minimum Gasteiger partial charge on any atom is -0.298 e. The number of nitrogens with one attached hydrogen (secondary N) is 1. The van der Waals surface area contributed by atoms with E-state index in [-0.39, 0.29) is 0 Å². The summed E-state index contributed by atoms with van der Waals surface area (Å²) in [6.45, 7) is 5.12. The molecule has 108 valence electrons. The topological polar surface area (TPSA) is 55.7 Å². The SMILES string of the molecule is Cc1cc(C2CCCN(Cc3cccc(C#N)c3)C2)n[nH]1. The van der Waals surface area contributed by atoms with Crippen LogP contribution in [0.1, 0.15) is 41.3 Å². The molecule has 0 bridgehead atoms. The van der Waals surface area contributed by atoms with Gasteiger partial charge in [0.2, 0.25) is 0 Å². The Hall–Kier alpha value is -2.12. The normalized spacial score (nSPS) is 19.3. The van der Waals surface area contributed by atoms with E-state index in [1.165, 1.54) is 24.1 Å². The van der Waals surface area contributed by atoms with Crippen molar-refractivity contribution in [3.63, 3.8) is 0 Å². The number of likely N-dealkylation sites (tertiary alicyclic amines) is 1. The van der Waals surface area contributed by atoms with E-state index in [0.29, 0.717) is 5.92 Å². The first-order valence-corrected chi connectivity index (χ1v) is 7.48. The van der Waals surface area contributed by atoms with E-state index < -0.39 is 0 Å². The number of nitrogens with zero attached hydrogens (tertiary/aromatic N) is 3. The Labute approximate surface area is 125 Å². The average Bonchev–Trinajstić information content (AvgIpc) is 2.94. The Morgan fingerprint density at radius 3 is 3.10 bits per heavy atom. The molecular formula is C17H20N4. The summed E-state index contributed by atoms with van der Waals surface area (Å²) in [7, 11) is 0. The third-order valence-electron chi connectivity index (χ3n) is 4.11. The summed E-state index contributed by atoms with van der Waals surface area (Å²) < 4.78 is 0. The standard InChI is InChI=1S/C17H20N4/c1-13-8-17(20-19-13)16-6-3-7-21(12-16)11-15-5-2-4-14(9-15)10-18/h2,4-5,8-9,16H,3,6-7,11-12H2,1H3,(H,19,20). The fourth-order valence-corrected chi connectivity index (χ4v) is 3.09. The minimum absolute atomic E-state index is 0.517. The Morgan fingerprint density at radius 1 is 1.43 bits per heavy atom. The van der Waals surface area contributed by atoms with E-state index in [1.54, 1.807) is 0 Å². The van der Waals surface area contributed by atoms with Crippen molar-refractivity contribution in [2.75, 3.05) is 13.1 Å². The highest BCUT2D eigenvalue weighted by molar-refractivity contribution is 5.32. The van der Waals surface area contributed by atoms with Crippen LogP contribution in [0.4, 0.5) is 0 Å². The summed E-state index contributed by atoms with van der Waals surface area (Å²) in [6.07, 6.45) is 2.41. The summed E-state index contributed by atoms with van der Waals surface area (Å²) >= 11 is 0. The first-order chi connectivity index (χ1) is 10.2. The van der Waals surface area contributed by atoms with Gasteiger partial charge in [0.05, 0.1) is 17.3 Å². The van der Waals surface area contributed by atoms with Crippen LogP contribution in [0.5, 0.6) is 0 Å². The molecule has 4 nitrogen and oxygen atoms in total. The predicted octanol–water partition coefficient (Wildman–Crippen LogP) is 2.97. The molecule has 1 aliphatic heterocycles. The Morgan fingerprint density at radius 2 is 2.33 bits per heavy atom. The van der Waals surface area contributed by atoms with Crippen LogP contribution >= 0.6 is 0 Å². The lowest BCUT2D eigenvalue weighted by atomic mass is 9.94. The van der Waals surface area contributed by atoms with Gasteiger partial charge in [0.1, 0.15) is 0 Å². The Kier molecular flexibility index (Phi) is 4.03. The summed E-state index contributed by atoms with van der Waals surface area (Å²) in [4.78, 5) is 2.47. The lowest BCUT2D eigenvalue weighted by Crippen LogP contribution is -2.34. The molecule has 1 atom stereocenters. The van der Waals surface area contributed by atoms with E-state index in [1.807, 2.05) is 25.1 Å². The van der Waals surface area contributed by atoms with E-state index >= 15 is 0 Å². The number of aromatic nitrogens is 2. The molecule has 0 aliphatic carbocycles. The van der Waals surface area contributed by atoms with Gasteiger partial charge in [0.15, 0.2) is 0 Å². The van der Waals surface area contributed by atoms with Crippen molar-refractivity contribution in [1.82, 2.24) is 15.1 Å². The summed E-state index contributed by atoms with van der Waals surface area (Å²) in [5.74, 6) is 0.517. The average molecular weight is 280 g/mol. The molecule has 1 fully saturated rings. The van der Waals surface area contributed by atoms with Gasteiger partial charge in [-0.05, 0) is 50.1 Å². The molecule has 0 amide bonds. The molecule has 2 aromatic rings. The van der Waals surface area contributed by atoms with Crippen LogP contribution in [0.15, 0.2) is 30.3 Å². The molecule has 3 rings (SSSR count). The molecular weight excluding hydrogens is 260 g/mol. The third-order valence-corrected chi connectivity index (χ3v) is 4.11. The highest BCUT2D eigenvalue weighted by Crippen LogP contribution is 2.26. The minimum atomic E-state index is 0.517. The Balaban J connectivity index is 1.67. The van der Waals surface area contributed by atoms with Crippen LogP contribution < -0.4 is 0 Å². The van der Waals surface area contributed by atoms with Gasteiger partial charge in [-0.2, -0.15) is 10.4 Å². The first kappa shape index (κ1) is 13.8. The number of rotatable bonds is 3. The van der Waals surface area contributed by atoms with Crippen molar-refractivity contribution in [3.8, 4) is 6.07 Å². The molecule has 4 heteroatoms. The van der Waals surface area contributed by atoms with E-state index in [4.69, 9.17) is 5.26 Å². The summed E-state index contributed by atoms with van der Waals surface area (Å²) in [6, 6.07) is 12.3. The molecule has 1 N–H and O–H groups in total. The van der Waals surface area contributed by atoms with E-state index in [2.05, 4.69) is 33.3 Å².